The highest BCUT2D eigenvalue weighted by molar-refractivity contribution is 6.20. The fourth-order valence-corrected chi connectivity index (χ4v) is 2.90. The molecule has 0 bridgehead atoms. The molecule has 0 amide bonds. The molecule has 0 heterocycles. The molecule has 0 aromatic rings. The summed E-state index contributed by atoms with van der Waals surface area (Å²) in [6, 6.07) is 0. The van der Waals surface area contributed by atoms with Gasteiger partial charge in [-0.3, -0.25) is 0 Å². The van der Waals surface area contributed by atoms with Crippen LogP contribution in [-0.2, 0) is 0 Å². The maximum Gasteiger partial charge on any atom is 0.0338 e. The lowest BCUT2D eigenvalue weighted by atomic mass is 9.90. The fraction of sp³-hybridized carbons (Fsp3) is 1.00. The highest BCUT2D eigenvalue weighted by Crippen LogP contribution is 2.47. The van der Waals surface area contributed by atoms with Gasteiger partial charge in [-0.25, -0.2) is 0 Å². The molecule has 0 nitrogen and oxygen atoms in total. The number of hydrogen-bond donors (Lipinski definition) is 0. The van der Waals surface area contributed by atoms with E-state index in [4.69, 9.17) is 11.6 Å². The predicted molar refractivity (Wildman–Crippen MR) is 51.0 cm³/mol. The third-order valence-corrected chi connectivity index (χ3v) is 3.31. The summed E-state index contributed by atoms with van der Waals surface area (Å²) in [5.41, 5.74) is 0.535. The van der Waals surface area contributed by atoms with Gasteiger partial charge in [-0.05, 0) is 37.0 Å². The predicted octanol–water partition coefficient (Wildman–Crippen LogP) is 3.69. The minimum Gasteiger partial charge on any atom is -0.123 e. The van der Waals surface area contributed by atoms with Crippen LogP contribution in [0.3, 0.4) is 0 Å². The van der Waals surface area contributed by atoms with Crippen molar-refractivity contribution < 1.29 is 0 Å². The number of alkyl halides is 1. The lowest BCUT2D eigenvalue weighted by molar-refractivity contribution is 0.358. The Morgan fingerprint density at radius 1 is 1.36 bits per heavy atom. The largest absolute Gasteiger partial charge is 0.123 e. The zero-order chi connectivity index (χ0) is 8.65. The molecule has 1 rings (SSSR count). The summed E-state index contributed by atoms with van der Waals surface area (Å²) >= 11 is 6.11. The lowest BCUT2D eigenvalue weighted by Gasteiger charge is -2.18. The van der Waals surface area contributed by atoms with Gasteiger partial charge >= 0.3 is 0 Å². The Balaban J connectivity index is 2.59. The fourth-order valence-electron chi connectivity index (χ4n) is 2.56. The molecule has 0 saturated heterocycles. The first-order chi connectivity index (χ1) is 4.92. The first-order valence-electron chi connectivity index (χ1n) is 4.56. The van der Waals surface area contributed by atoms with Crippen molar-refractivity contribution in [3.8, 4) is 0 Å². The average molecular weight is 175 g/mol. The Hall–Kier alpha value is 0.290. The maximum absolute atomic E-state index is 6.11. The van der Waals surface area contributed by atoms with E-state index >= 15 is 0 Å². The first kappa shape index (κ1) is 9.38. The Morgan fingerprint density at radius 2 is 1.91 bits per heavy atom. The minimum atomic E-state index is 0.353. The van der Waals surface area contributed by atoms with Gasteiger partial charge in [-0.15, -0.1) is 11.6 Å². The van der Waals surface area contributed by atoms with Gasteiger partial charge in [0.05, 0.1) is 0 Å². The van der Waals surface area contributed by atoms with Gasteiger partial charge in [-0.1, -0.05) is 20.8 Å². The molecular weight excluding hydrogens is 156 g/mol. The molecule has 0 aromatic carbocycles. The summed E-state index contributed by atoms with van der Waals surface area (Å²) in [6.07, 6.45) is 2.65. The van der Waals surface area contributed by atoms with Crippen molar-refractivity contribution in [2.24, 2.45) is 17.3 Å². The summed E-state index contributed by atoms with van der Waals surface area (Å²) < 4.78 is 0. The Kier molecular flexibility index (Phi) is 2.53. The number of halogens is 1. The molecule has 1 fully saturated rings. The van der Waals surface area contributed by atoms with E-state index in [0.29, 0.717) is 10.8 Å². The van der Waals surface area contributed by atoms with Crippen LogP contribution in [0.2, 0.25) is 0 Å². The SMILES string of the molecule is CC(Cl)C1CC(C)(C)CC1C. The zero-order valence-corrected chi connectivity index (χ0v) is 8.78. The average Bonchev–Trinajstić information content (AvgIpc) is 2.05. The van der Waals surface area contributed by atoms with Crippen LogP contribution >= 0.6 is 11.6 Å². The number of hydrogen-bond acceptors (Lipinski definition) is 0. The molecule has 3 atom stereocenters. The van der Waals surface area contributed by atoms with Crippen LogP contribution in [0.25, 0.3) is 0 Å². The minimum absolute atomic E-state index is 0.353. The summed E-state index contributed by atoms with van der Waals surface area (Å²) in [5.74, 6) is 1.56. The Morgan fingerprint density at radius 3 is 2.09 bits per heavy atom. The lowest BCUT2D eigenvalue weighted by Crippen LogP contribution is -2.14. The smallest absolute Gasteiger partial charge is 0.0338 e. The quantitative estimate of drug-likeness (QED) is 0.532. The van der Waals surface area contributed by atoms with Crippen molar-refractivity contribution in [2.45, 2.75) is 45.9 Å². The third kappa shape index (κ3) is 2.11. The van der Waals surface area contributed by atoms with Crippen molar-refractivity contribution >= 4 is 11.6 Å². The van der Waals surface area contributed by atoms with E-state index in [0.717, 1.165) is 11.8 Å². The molecule has 0 N–H and O–H groups in total. The van der Waals surface area contributed by atoms with Crippen LogP contribution < -0.4 is 0 Å². The van der Waals surface area contributed by atoms with Crippen molar-refractivity contribution in [3.05, 3.63) is 0 Å². The maximum atomic E-state index is 6.11. The van der Waals surface area contributed by atoms with Gasteiger partial charge in [0.2, 0.25) is 0 Å². The van der Waals surface area contributed by atoms with Crippen LogP contribution in [0.4, 0.5) is 0 Å². The van der Waals surface area contributed by atoms with E-state index in [1.54, 1.807) is 0 Å². The van der Waals surface area contributed by atoms with E-state index in [2.05, 4.69) is 27.7 Å². The van der Waals surface area contributed by atoms with Crippen molar-refractivity contribution in [1.29, 1.82) is 0 Å². The summed E-state index contributed by atoms with van der Waals surface area (Å²) in [6.45, 7) is 9.16. The van der Waals surface area contributed by atoms with Crippen molar-refractivity contribution in [1.82, 2.24) is 0 Å². The van der Waals surface area contributed by atoms with Gasteiger partial charge < -0.3 is 0 Å². The second kappa shape index (κ2) is 2.97. The van der Waals surface area contributed by atoms with E-state index in [9.17, 15) is 0 Å². The molecule has 3 unspecified atom stereocenters. The monoisotopic (exact) mass is 174 g/mol. The molecule has 1 heteroatoms. The number of rotatable bonds is 1. The summed E-state index contributed by atoms with van der Waals surface area (Å²) in [4.78, 5) is 0. The van der Waals surface area contributed by atoms with Gasteiger partial charge in [0.15, 0.2) is 0 Å². The van der Waals surface area contributed by atoms with Crippen LogP contribution in [-0.4, -0.2) is 5.38 Å². The third-order valence-electron chi connectivity index (χ3n) is 2.98. The van der Waals surface area contributed by atoms with E-state index in [1.807, 2.05) is 0 Å². The molecule has 1 aliphatic carbocycles. The van der Waals surface area contributed by atoms with E-state index in [1.165, 1.54) is 12.8 Å². The molecule has 1 aliphatic rings. The first-order valence-corrected chi connectivity index (χ1v) is 5.00. The van der Waals surface area contributed by atoms with Gasteiger partial charge in [0.1, 0.15) is 0 Å². The van der Waals surface area contributed by atoms with Gasteiger partial charge in [0.25, 0.3) is 0 Å². The van der Waals surface area contributed by atoms with Crippen molar-refractivity contribution in [2.75, 3.05) is 0 Å². The highest BCUT2D eigenvalue weighted by atomic mass is 35.5. The molecular formula is C10H19Cl. The summed E-state index contributed by atoms with van der Waals surface area (Å²) in [5, 5.41) is 0.353. The van der Waals surface area contributed by atoms with Crippen molar-refractivity contribution in [3.63, 3.8) is 0 Å². The topological polar surface area (TPSA) is 0 Å². The molecule has 11 heavy (non-hydrogen) atoms. The van der Waals surface area contributed by atoms with Gasteiger partial charge in [0, 0.05) is 5.38 Å². The van der Waals surface area contributed by atoms with Crippen LogP contribution in [0, 0.1) is 17.3 Å². The van der Waals surface area contributed by atoms with E-state index < -0.39 is 0 Å². The second-order valence-electron chi connectivity index (χ2n) is 4.89. The van der Waals surface area contributed by atoms with Crippen LogP contribution in [0.5, 0.6) is 0 Å². The standard InChI is InChI=1S/C10H19Cl/c1-7-5-10(3,4)6-9(7)8(2)11/h7-9H,5-6H2,1-4H3. The molecule has 0 aliphatic heterocycles. The van der Waals surface area contributed by atoms with Gasteiger partial charge in [-0.2, -0.15) is 0 Å². The normalized spacial score (nSPS) is 39.0. The molecule has 0 aromatic heterocycles. The second-order valence-corrected chi connectivity index (χ2v) is 5.58. The Labute approximate surface area is 75.3 Å². The highest BCUT2D eigenvalue weighted by Gasteiger charge is 2.38. The summed E-state index contributed by atoms with van der Waals surface area (Å²) in [7, 11) is 0. The molecule has 1 saturated carbocycles. The van der Waals surface area contributed by atoms with Crippen LogP contribution in [0.15, 0.2) is 0 Å². The molecule has 66 valence electrons. The Bertz CT molecular complexity index is 138. The van der Waals surface area contributed by atoms with E-state index in [-0.39, 0.29) is 0 Å². The zero-order valence-electron chi connectivity index (χ0n) is 8.02. The van der Waals surface area contributed by atoms with Crippen LogP contribution in [0.1, 0.15) is 40.5 Å². The molecule has 0 spiro atoms. The molecule has 0 radical (unpaired) electrons.